The highest BCUT2D eigenvalue weighted by Gasteiger charge is 2.40. The standard InChI is InChI=1S/C9H17NO4S/c1-2-13-8-5-15(11,12)6-9(8)14-7-3-10-4-7/h7-10H,2-6H2,1H3. The van der Waals surface area contributed by atoms with Gasteiger partial charge in [0.2, 0.25) is 0 Å². The highest BCUT2D eigenvalue weighted by molar-refractivity contribution is 7.91. The number of sulfone groups is 1. The Morgan fingerprint density at radius 1 is 1.27 bits per heavy atom. The van der Waals surface area contributed by atoms with E-state index in [0.29, 0.717) is 6.61 Å². The lowest BCUT2D eigenvalue weighted by atomic mass is 10.2. The molecule has 2 heterocycles. The average Bonchev–Trinajstić information content (AvgIpc) is 2.34. The predicted octanol–water partition coefficient (Wildman–Crippen LogP) is -0.823. The van der Waals surface area contributed by atoms with Crippen molar-refractivity contribution in [3.05, 3.63) is 0 Å². The van der Waals surface area contributed by atoms with Crippen LogP contribution in [-0.2, 0) is 19.3 Å². The summed E-state index contributed by atoms with van der Waals surface area (Å²) in [5.41, 5.74) is 0. The van der Waals surface area contributed by atoms with Crippen LogP contribution in [-0.4, -0.2) is 57.9 Å². The van der Waals surface area contributed by atoms with Crippen LogP contribution in [0.1, 0.15) is 6.92 Å². The van der Waals surface area contributed by atoms with Gasteiger partial charge in [-0.3, -0.25) is 0 Å². The second-order valence-corrected chi connectivity index (χ2v) is 6.18. The molecule has 2 rings (SSSR count). The van der Waals surface area contributed by atoms with Gasteiger partial charge < -0.3 is 14.8 Å². The highest BCUT2D eigenvalue weighted by Crippen LogP contribution is 2.21. The van der Waals surface area contributed by atoms with Gasteiger partial charge in [0.25, 0.3) is 0 Å². The van der Waals surface area contributed by atoms with Crippen LogP contribution in [0, 0.1) is 0 Å². The van der Waals surface area contributed by atoms with Crippen molar-refractivity contribution in [2.75, 3.05) is 31.2 Å². The van der Waals surface area contributed by atoms with E-state index >= 15 is 0 Å². The van der Waals surface area contributed by atoms with Gasteiger partial charge in [0.05, 0.1) is 29.8 Å². The molecule has 6 heteroatoms. The number of hydrogen-bond acceptors (Lipinski definition) is 5. The van der Waals surface area contributed by atoms with E-state index in [1.54, 1.807) is 0 Å². The van der Waals surface area contributed by atoms with Crippen molar-refractivity contribution >= 4 is 9.84 Å². The Bertz CT molecular complexity index is 312. The quantitative estimate of drug-likeness (QED) is 0.689. The van der Waals surface area contributed by atoms with Crippen LogP contribution < -0.4 is 5.32 Å². The Balaban J connectivity index is 1.94. The van der Waals surface area contributed by atoms with Crippen LogP contribution in [0.4, 0.5) is 0 Å². The third-order valence-corrected chi connectivity index (χ3v) is 4.42. The molecule has 0 aliphatic carbocycles. The van der Waals surface area contributed by atoms with Crippen LogP contribution in [0.3, 0.4) is 0 Å². The lowest BCUT2D eigenvalue weighted by Crippen LogP contribution is -2.51. The van der Waals surface area contributed by atoms with Gasteiger partial charge in [-0.15, -0.1) is 0 Å². The molecule has 0 aromatic heterocycles. The van der Waals surface area contributed by atoms with Crippen LogP contribution in [0.2, 0.25) is 0 Å². The van der Waals surface area contributed by atoms with Crippen molar-refractivity contribution in [2.45, 2.75) is 25.2 Å². The molecule has 0 spiro atoms. The molecule has 0 amide bonds. The summed E-state index contributed by atoms with van der Waals surface area (Å²) in [6.45, 7) is 4.03. The zero-order valence-corrected chi connectivity index (χ0v) is 9.63. The zero-order valence-electron chi connectivity index (χ0n) is 8.81. The largest absolute Gasteiger partial charge is 0.375 e. The number of nitrogens with one attached hydrogen (secondary N) is 1. The summed E-state index contributed by atoms with van der Waals surface area (Å²) in [6.07, 6.45) is -0.395. The van der Waals surface area contributed by atoms with E-state index in [9.17, 15) is 8.42 Å². The first-order chi connectivity index (χ1) is 7.11. The average molecular weight is 235 g/mol. The predicted molar refractivity (Wildman–Crippen MR) is 55.6 cm³/mol. The molecule has 0 radical (unpaired) electrons. The molecule has 2 aliphatic heterocycles. The van der Waals surface area contributed by atoms with E-state index in [-0.39, 0.29) is 29.8 Å². The fraction of sp³-hybridized carbons (Fsp3) is 1.00. The second-order valence-electron chi connectivity index (χ2n) is 4.03. The van der Waals surface area contributed by atoms with E-state index in [1.807, 2.05) is 6.92 Å². The maximum absolute atomic E-state index is 11.4. The van der Waals surface area contributed by atoms with Gasteiger partial charge in [-0.2, -0.15) is 0 Å². The van der Waals surface area contributed by atoms with Gasteiger partial charge >= 0.3 is 0 Å². The molecule has 88 valence electrons. The minimum Gasteiger partial charge on any atom is -0.375 e. The molecule has 15 heavy (non-hydrogen) atoms. The Labute approximate surface area is 90.0 Å². The molecule has 0 bridgehead atoms. The number of rotatable bonds is 4. The summed E-state index contributed by atoms with van der Waals surface area (Å²) >= 11 is 0. The highest BCUT2D eigenvalue weighted by atomic mass is 32.2. The smallest absolute Gasteiger partial charge is 0.155 e. The Kier molecular flexibility index (Phi) is 3.30. The van der Waals surface area contributed by atoms with Crippen LogP contribution in [0.15, 0.2) is 0 Å². The zero-order chi connectivity index (χ0) is 10.9. The molecule has 2 unspecified atom stereocenters. The molecule has 2 fully saturated rings. The fourth-order valence-corrected chi connectivity index (χ4v) is 3.63. The van der Waals surface area contributed by atoms with Gasteiger partial charge in [0.1, 0.15) is 0 Å². The van der Waals surface area contributed by atoms with E-state index < -0.39 is 9.84 Å². The lowest BCUT2D eigenvalue weighted by Gasteiger charge is -2.31. The molecule has 0 saturated carbocycles. The molecule has 2 atom stereocenters. The molecular formula is C9H17NO4S. The first-order valence-corrected chi connectivity index (χ1v) is 7.11. The van der Waals surface area contributed by atoms with Crippen LogP contribution >= 0.6 is 0 Å². The Morgan fingerprint density at radius 3 is 2.47 bits per heavy atom. The molecule has 2 aliphatic rings. The molecular weight excluding hydrogens is 218 g/mol. The monoisotopic (exact) mass is 235 g/mol. The summed E-state index contributed by atoms with van der Waals surface area (Å²) in [4.78, 5) is 0. The van der Waals surface area contributed by atoms with Crippen LogP contribution in [0.25, 0.3) is 0 Å². The second kappa shape index (κ2) is 4.37. The maximum Gasteiger partial charge on any atom is 0.155 e. The fourth-order valence-electron chi connectivity index (χ4n) is 1.89. The third kappa shape index (κ3) is 2.69. The minimum atomic E-state index is -2.97. The van der Waals surface area contributed by atoms with Gasteiger partial charge in [0, 0.05) is 19.7 Å². The molecule has 0 aromatic rings. The lowest BCUT2D eigenvalue weighted by molar-refractivity contribution is -0.0893. The summed E-state index contributed by atoms with van der Waals surface area (Å²) in [7, 11) is -2.97. The van der Waals surface area contributed by atoms with E-state index in [2.05, 4.69) is 5.32 Å². The Hall–Kier alpha value is -0.170. The van der Waals surface area contributed by atoms with Crippen LogP contribution in [0.5, 0.6) is 0 Å². The summed E-state index contributed by atoms with van der Waals surface area (Å²) < 4.78 is 34.0. The molecule has 5 nitrogen and oxygen atoms in total. The summed E-state index contributed by atoms with van der Waals surface area (Å²) in [6, 6.07) is 0. The van der Waals surface area contributed by atoms with Crippen molar-refractivity contribution in [2.24, 2.45) is 0 Å². The Morgan fingerprint density at radius 2 is 1.93 bits per heavy atom. The molecule has 1 N–H and O–H groups in total. The SMILES string of the molecule is CCOC1CS(=O)(=O)CC1OC1CNC1. The minimum absolute atomic E-state index is 0.103. The van der Waals surface area contributed by atoms with Crippen molar-refractivity contribution in [1.82, 2.24) is 5.32 Å². The van der Waals surface area contributed by atoms with Crippen molar-refractivity contribution in [3.8, 4) is 0 Å². The summed E-state index contributed by atoms with van der Waals surface area (Å²) in [5, 5.41) is 3.09. The van der Waals surface area contributed by atoms with E-state index in [0.717, 1.165) is 13.1 Å². The van der Waals surface area contributed by atoms with Crippen molar-refractivity contribution < 1.29 is 17.9 Å². The third-order valence-electron chi connectivity index (χ3n) is 2.74. The molecule has 2 saturated heterocycles. The molecule has 0 aromatic carbocycles. The van der Waals surface area contributed by atoms with Gasteiger partial charge in [-0.1, -0.05) is 0 Å². The maximum atomic E-state index is 11.4. The number of hydrogen-bond donors (Lipinski definition) is 1. The van der Waals surface area contributed by atoms with Gasteiger partial charge in [0.15, 0.2) is 9.84 Å². The van der Waals surface area contributed by atoms with E-state index in [4.69, 9.17) is 9.47 Å². The van der Waals surface area contributed by atoms with E-state index in [1.165, 1.54) is 0 Å². The number of ether oxygens (including phenoxy) is 2. The van der Waals surface area contributed by atoms with Gasteiger partial charge in [-0.25, -0.2) is 8.42 Å². The first kappa shape index (κ1) is 11.3. The van der Waals surface area contributed by atoms with Crippen molar-refractivity contribution in [3.63, 3.8) is 0 Å². The summed E-state index contributed by atoms with van der Waals surface area (Å²) in [5.74, 6) is 0.208. The normalized spacial score (nSPS) is 35.3. The first-order valence-electron chi connectivity index (χ1n) is 5.29. The van der Waals surface area contributed by atoms with Gasteiger partial charge in [-0.05, 0) is 6.92 Å². The topological polar surface area (TPSA) is 64.6 Å². The van der Waals surface area contributed by atoms with Crippen molar-refractivity contribution in [1.29, 1.82) is 0 Å².